The number of hydrogen-bond acceptors (Lipinski definition) is 11. The maximum Gasteiger partial charge on any atom is 0.410 e. The number of amides is 2. The minimum atomic E-state index is -1.22. The topological polar surface area (TPSA) is 186 Å². The fourth-order valence-corrected chi connectivity index (χ4v) is 11.3. The summed E-state index contributed by atoms with van der Waals surface area (Å²) in [7, 11) is 0. The molecule has 0 bridgehead atoms. The molecule has 4 unspecified atom stereocenters. The van der Waals surface area contributed by atoms with E-state index in [1.165, 1.54) is 40.6 Å². The van der Waals surface area contributed by atoms with E-state index in [0.29, 0.717) is 83.5 Å². The number of carboxylic acid groups (broad SMARTS) is 1. The number of ether oxygens (including phenoxy) is 1. The molecule has 5 N–H and O–H groups in total. The Morgan fingerprint density at radius 1 is 0.727 bits per heavy atom. The summed E-state index contributed by atoms with van der Waals surface area (Å²) in [6.07, 6.45) is 6.47. The Balaban J connectivity index is 0.000000198. The van der Waals surface area contributed by atoms with E-state index in [9.17, 15) is 36.7 Å². The Bertz CT molecular complexity index is 2460. The summed E-state index contributed by atoms with van der Waals surface area (Å²) in [5.41, 5.74) is 0.161. The van der Waals surface area contributed by atoms with Crippen LogP contribution in [0.3, 0.4) is 0 Å². The van der Waals surface area contributed by atoms with Gasteiger partial charge in [-0.15, -0.1) is 0 Å². The zero-order chi connectivity index (χ0) is 47.1. The molecule has 8 rings (SSSR count). The van der Waals surface area contributed by atoms with E-state index in [4.69, 9.17) is 9.84 Å². The molecule has 2 saturated carbocycles. The lowest BCUT2D eigenvalue weighted by atomic mass is 10.2. The van der Waals surface area contributed by atoms with Gasteiger partial charge in [0.15, 0.2) is 0 Å². The van der Waals surface area contributed by atoms with Gasteiger partial charge in [-0.25, -0.2) is 37.1 Å². The highest BCUT2D eigenvalue weighted by molar-refractivity contribution is 7.99. The first-order valence-corrected chi connectivity index (χ1v) is 25.0. The molecule has 4 aromatic rings. The number of nitrogens with zero attached hydrogens (tertiary/aromatic N) is 4. The fourth-order valence-electron chi connectivity index (χ4n) is 9.04. The molecule has 2 amide bonds. The number of aromatic nitrogens is 4. The van der Waals surface area contributed by atoms with Crippen LogP contribution in [0.1, 0.15) is 109 Å². The van der Waals surface area contributed by atoms with Crippen molar-refractivity contribution in [3.05, 3.63) is 68.3 Å². The molecule has 2 aromatic heterocycles. The van der Waals surface area contributed by atoms with E-state index in [2.05, 4.69) is 30.6 Å². The van der Waals surface area contributed by atoms with Gasteiger partial charge < -0.3 is 40.2 Å². The molecule has 2 aliphatic carbocycles. The maximum atomic E-state index is 14.7. The fraction of sp³-hybridized carbons (Fsp3) is 0.609. The second-order valence-electron chi connectivity index (χ2n) is 18.7. The van der Waals surface area contributed by atoms with Gasteiger partial charge in [-0.3, -0.25) is 9.59 Å². The number of nitrogens with one attached hydrogen (secondary N) is 4. The number of likely N-dealkylation sites (tertiary alicyclic amines) is 2. The second-order valence-corrected chi connectivity index (χ2v) is 21.3. The molecule has 14 nitrogen and oxygen atoms in total. The monoisotopic (exact) mass is 960 g/mol. The number of carbonyl (C=O) groups is 2. The predicted molar refractivity (Wildman–Crippen MR) is 252 cm³/mol. The lowest BCUT2D eigenvalue weighted by Gasteiger charge is -2.26. The van der Waals surface area contributed by atoms with Crippen molar-refractivity contribution in [1.82, 2.24) is 29.7 Å². The van der Waals surface area contributed by atoms with Crippen LogP contribution in [0, 0.1) is 11.6 Å². The van der Waals surface area contributed by atoms with Gasteiger partial charge in [-0.2, -0.15) is 23.5 Å². The standard InChI is InChI=1S/C25H34F2N4O3S.C21H26F2N4O3S/c1-25(2,3)34-24(33)31-9-8-18(10-15(26)13-31)35-14-21-29-20-12-17(28-16-6-4-5-7-16)11-19(27)22(20)23(32)30-21;22-12-7-15(5-6-27(10-12)21(29)30)31-11-18-25-17-9-14(24-13-3-1-2-4-13)8-16(23)19(17)20(28)26-18/h11-12,15-16,18,28H,4-10,13-14H2,1-3H3,(H,29,30,32);8-9,12-13,15,24H,1-7,10-11H2,(H,29,30)(H,25,26,28). The molecular weight excluding hydrogens is 901 g/mol. The number of H-pyrrole nitrogens is 2. The Hall–Kier alpha value is -4.72. The van der Waals surface area contributed by atoms with E-state index in [1.807, 2.05) is 0 Å². The first-order chi connectivity index (χ1) is 31.5. The van der Waals surface area contributed by atoms with E-state index in [-0.39, 0.29) is 47.3 Å². The smallest absolute Gasteiger partial charge is 0.410 e. The van der Waals surface area contributed by atoms with Crippen molar-refractivity contribution < 1.29 is 37.0 Å². The van der Waals surface area contributed by atoms with Gasteiger partial charge in [-0.1, -0.05) is 25.7 Å². The van der Waals surface area contributed by atoms with Crippen LogP contribution in [-0.4, -0.2) is 114 Å². The van der Waals surface area contributed by atoms with Crippen LogP contribution in [0.5, 0.6) is 0 Å². The number of aromatic amines is 2. The lowest BCUT2D eigenvalue weighted by Crippen LogP contribution is -2.39. The number of anilines is 2. The Kier molecular flexibility index (Phi) is 16.3. The van der Waals surface area contributed by atoms with Crippen molar-refractivity contribution in [2.75, 3.05) is 36.8 Å². The minimum Gasteiger partial charge on any atom is -0.465 e. The van der Waals surface area contributed by atoms with Crippen LogP contribution in [0.4, 0.5) is 38.5 Å². The van der Waals surface area contributed by atoms with Crippen molar-refractivity contribution in [2.24, 2.45) is 0 Å². The summed E-state index contributed by atoms with van der Waals surface area (Å²) in [5.74, 6) is 0.309. The molecule has 2 aromatic carbocycles. The minimum absolute atomic E-state index is 0.00702. The average Bonchev–Trinajstić information content (AvgIpc) is 3.87. The second kappa shape index (κ2) is 21.9. The van der Waals surface area contributed by atoms with Crippen LogP contribution < -0.4 is 21.8 Å². The largest absolute Gasteiger partial charge is 0.465 e. The SMILES string of the molecule is CC(C)(C)OC(=O)N1CCC(SCc2nc3cc(NC4CCCC4)cc(F)c3c(=O)[nH]2)CC(F)C1.O=C(O)N1CCC(SCc2nc3cc(NC4CCCC4)cc(F)c3c(=O)[nH]2)CC(F)C1. The van der Waals surface area contributed by atoms with Gasteiger partial charge in [0.05, 0.1) is 35.6 Å². The van der Waals surface area contributed by atoms with E-state index < -0.39 is 52.9 Å². The first-order valence-electron chi connectivity index (χ1n) is 22.9. The molecule has 2 saturated heterocycles. The van der Waals surface area contributed by atoms with Gasteiger partial charge in [0, 0.05) is 47.0 Å². The number of hydrogen-bond donors (Lipinski definition) is 5. The number of fused-ring (bicyclic) bond motifs is 2. The number of benzene rings is 2. The van der Waals surface area contributed by atoms with Crippen molar-refractivity contribution in [3.8, 4) is 0 Å². The summed E-state index contributed by atoms with van der Waals surface area (Å²) in [6.45, 7) is 5.91. The van der Waals surface area contributed by atoms with Gasteiger partial charge >= 0.3 is 12.2 Å². The van der Waals surface area contributed by atoms with Crippen molar-refractivity contribution >= 4 is 68.9 Å². The number of halogens is 4. The van der Waals surface area contributed by atoms with Gasteiger partial charge in [0.1, 0.15) is 52.0 Å². The quantitative estimate of drug-likeness (QED) is 0.0950. The molecule has 66 heavy (non-hydrogen) atoms. The maximum absolute atomic E-state index is 14.7. The molecule has 4 fully saturated rings. The van der Waals surface area contributed by atoms with E-state index >= 15 is 0 Å². The summed E-state index contributed by atoms with van der Waals surface area (Å²) in [5, 5.41) is 15.5. The van der Waals surface area contributed by atoms with Crippen molar-refractivity contribution in [2.45, 2.75) is 150 Å². The number of carbonyl (C=O) groups excluding carboxylic acids is 1. The van der Waals surface area contributed by atoms with Crippen LogP contribution >= 0.6 is 23.5 Å². The Morgan fingerprint density at radius 2 is 1.15 bits per heavy atom. The van der Waals surface area contributed by atoms with Crippen molar-refractivity contribution in [3.63, 3.8) is 0 Å². The molecule has 4 heterocycles. The molecule has 20 heteroatoms. The van der Waals surface area contributed by atoms with Crippen molar-refractivity contribution in [1.29, 1.82) is 0 Å². The summed E-state index contributed by atoms with van der Waals surface area (Å²) < 4.78 is 63.4. The predicted octanol–water partition coefficient (Wildman–Crippen LogP) is 9.52. The first kappa shape index (κ1) is 49.2. The van der Waals surface area contributed by atoms with Crippen LogP contribution in [-0.2, 0) is 16.2 Å². The molecule has 2 aliphatic heterocycles. The number of alkyl halides is 2. The number of thioether (sulfide) groups is 2. The highest BCUT2D eigenvalue weighted by atomic mass is 32.2. The Labute approximate surface area is 389 Å². The van der Waals surface area contributed by atoms with Crippen LogP contribution in [0.2, 0.25) is 0 Å². The summed E-state index contributed by atoms with van der Waals surface area (Å²) in [6, 6.07) is 6.75. The Morgan fingerprint density at radius 3 is 1.58 bits per heavy atom. The number of rotatable bonds is 10. The van der Waals surface area contributed by atoms with Gasteiger partial charge in [0.25, 0.3) is 11.1 Å². The third-order valence-corrected chi connectivity index (χ3v) is 14.9. The zero-order valence-electron chi connectivity index (χ0n) is 37.6. The van der Waals surface area contributed by atoms with Crippen LogP contribution in [0.15, 0.2) is 33.9 Å². The summed E-state index contributed by atoms with van der Waals surface area (Å²) >= 11 is 2.92. The lowest BCUT2D eigenvalue weighted by molar-refractivity contribution is 0.0221. The van der Waals surface area contributed by atoms with Crippen LogP contribution in [0.25, 0.3) is 21.8 Å². The highest BCUT2D eigenvalue weighted by Gasteiger charge is 2.31. The molecule has 0 spiro atoms. The third kappa shape index (κ3) is 13.5. The molecular formula is C46H60F4N8O6S2. The van der Waals surface area contributed by atoms with Gasteiger partial charge in [-0.05, 0) is 96.4 Å². The van der Waals surface area contributed by atoms with E-state index in [0.717, 1.165) is 56.3 Å². The normalized spacial score (nSPS) is 22.2. The molecule has 0 radical (unpaired) electrons. The van der Waals surface area contributed by atoms with E-state index in [1.54, 1.807) is 32.9 Å². The third-order valence-electron chi connectivity index (χ3n) is 12.2. The highest BCUT2D eigenvalue weighted by Crippen LogP contribution is 2.31. The van der Waals surface area contributed by atoms with Gasteiger partial charge in [0.2, 0.25) is 0 Å². The average molecular weight is 961 g/mol. The molecule has 360 valence electrons. The molecule has 4 atom stereocenters. The zero-order valence-corrected chi connectivity index (χ0v) is 39.2. The molecule has 4 aliphatic rings. The summed E-state index contributed by atoms with van der Waals surface area (Å²) in [4.78, 5) is 65.3.